The lowest BCUT2D eigenvalue weighted by Crippen LogP contribution is -2.11. The first-order chi connectivity index (χ1) is 25.4. The van der Waals surface area contributed by atoms with Gasteiger partial charge in [0.2, 0.25) is 0 Å². The van der Waals surface area contributed by atoms with E-state index in [9.17, 15) is 0 Å². The molecule has 0 atom stereocenters. The first-order valence-corrected chi connectivity index (χ1v) is 17.6. The van der Waals surface area contributed by atoms with Gasteiger partial charge >= 0.3 is 0 Å². The van der Waals surface area contributed by atoms with Crippen LogP contribution in [0.15, 0.2) is 133 Å². The van der Waals surface area contributed by atoms with Crippen molar-refractivity contribution < 1.29 is 18.9 Å². The largest absolute Gasteiger partial charge is 0.380 e. The van der Waals surface area contributed by atoms with Crippen molar-refractivity contribution >= 4 is 34.1 Å². The highest BCUT2D eigenvalue weighted by molar-refractivity contribution is 5.81. The number of methoxy groups -OCH3 is 4. The standard InChI is InChI=1S/C46H48N2O4/c1-33-27-45(25-15-39(33)31-51-5)47(41-17-7-35(8-18-41)29-49-3)43-21-11-37(12-22-43)38-13-23-44(24-14-38)48(42-19-9-36(10-20-42)30-50-4)46-26-16-40(32-52-6)34(2)28-46/h7-28H,29-32H2,1-6H3. The van der Waals surface area contributed by atoms with Gasteiger partial charge < -0.3 is 28.7 Å². The molecule has 0 aromatic heterocycles. The number of ether oxygens (including phenoxy) is 4. The zero-order valence-electron chi connectivity index (χ0n) is 31.1. The zero-order chi connectivity index (χ0) is 36.5. The van der Waals surface area contributed by atoms with Gasteiger partial charge in [0.05, 0.1) is 26.4 Å². The third kappa shape index (κ3) is 8.44. The molecule has 6 nitrogen and oxygen atoms in total. The van der Waals surface area contributed by atoms with Crippen molar-refractivity contribution in [3.63, 3.8) is 0 Å². The maximum Gasteiger partial charge on any atom is 0.0715 e. The summed E-state index contributed by atoms with van der Waals surface area (Å²) in [5.74, 6) is 0. The predicted molar refractivity (Wildman–Crippen MR) is 214 cm³/mol. The van der Waals surface area contributed by atoms with Gasteiger partial charge in [-0.2, -0.15) is 0 Å². The number of nitrogens with zero attached hydrogens (tertiary/aromatic N) is 2. The van der Waals surface area contributed by atoms with Gasteiger partial charge in [0.15, 0.2) is 0 Å². The van der Waals surface area contributed by atoms with Crippen LogP contribution in [0.2, 0.25) is 0 Å². The molecule has 0 heterocycles. The summed E-state index contributed by atoms with van der Waals surface area (Å²) in [4.78, 5) is 4.59. The van der Waals surface area contributed by atoms with E-state index in [1.807, 2.05) is 0 Å². The molecule has 52 heavy (non-hydrogen) atoms. The summed E-state index contributed by atoms with van der Waals surface area (Å²) >= 11 is 0. The Labute approximate surface area is 308 Å². The van der Waals surface area contributed by atoms with Crippen LogP contribution in [0.5, 0.6) is 0 Å². The van der Waals surface area contributed by atoms with Crippen molar-refractivity contribution in [2.75, 3.05) is 38.2 Å². The number of hydrogen-bond acceptors (Lipinski definition) is 6. The Morgan fingerprint density at radius 2 is 0.635 bits per heavy atom. The lowest BCUT2D eigenvalue weighted by atomic mass is 10.0. The van der Waals surface area contributed by atoms with Crippen molar-refractivity contribution in [1.29, 1.82) is 0 Å². The van der Waals surface area contributed by atoms with E-state index in [1.54, 1.807) is 28.4 Å². The molecule has 0 aliphatic carbocycles. The second-order valence-corrected chi connectivity index (χ2v) is 13.1. The van der Waals surface area contributed by atoms with Crippen molar-refractivity contribution in [1.82, 2.24) is 0 Å². The molecule has 0 N–H and O–H groups in total. The van der Waals surface area contributed by atoms with Crippen LogP contribution in [0.4, 0.5) is 34.1 Å². The monoisotopic (exact) mass is 692 g/mol. The molecule has 6 rings (SSSR count). The normalized spacial score (nSPS) is 11.1. The fourth-order valence-electron chi connectivity index (χ4n) is 6.59. The first-order valence-electron chi connectivity index (χ1n) is 17.6. The van der Waals surface area contributed by atoms with E-state index in [-0.39, 0.29) is 0 Å². The van der Waals surface area contributed by atoms with Gasteiger partial charge in [-0.3, -0.25) is 0 Å². The zero-order valence-corrected chi connectivity index (χ0v) is 31.1. The molecule has 0 fully saturated rings. The van der Waals surface area contributed by atoms with Crippen molar-refractivity contribution in [2.24, 2.45) is 0 Å². The SMILES string of the molecule is COCc1ccc(N(c2ccc(-c3ccc(N(c4ccc(COC)cc4)c4ccc(COC)c(C)c4)cc3)cc2)c2ccc(COC)c(C)c2)cc1. The fourth-order valence-corrected chi connectivity index (χ4v) is 6.59. The molecule has 266 valence electrons. The minimum Gasteiger partial charge on any atom is -0.380 e. The summed E-state index contributed by atoms with van der Waals surface area (Å²) in [6.45, 7) is 6.61. The van der Waals surface area contributed by atoms with Crippen molar-refractivity contribution in [3.05, 3.63) is 167 Å². The van der Waals surface area contributed by atoms with Gasteiger partial charge in [0.1, 0.15) is 0 Å². The highest BCUT2D eigenvalue weighted by atomic mass is 16.5. The molecule has 0 amide bonds. The maximum atomic E-state index is 5.43. The maximum absolute atomic E-state index is 5.43. The molecule has 0 aliphatic rings. The Morgan fingerprint density at radius 3 is 0.923 bits per heavy atom. The van der Waals surface area contributed by atoms with Crippen LogP contribution >= 0.6 is 0 Å². The van der Waals surface area contributed by atoms with E-state index in [2.05, 4.69) is 157 Å². The van der Waals surface area contributed by atoms with E-state index in [0.29, 0.717) is 26.4 Å². The lowest BCUT2D eigenvalue weighted by molar-refractivity contribution is 0.184. The average Bonchev–Trinajstić information content (AvgIpc) is 3.16. The van der Waals surface area contributed by atoms with Crippen LogP contribution < -0.4 is 9.80 Å². The summed E-state index contributed by atoms with van der Waals surface area (Å²) in [7, 11) is 6.91. The van der Waals surface area contributed by atoms with Crippen LogP contribution in [0.3, 0.4) is 0 Å². The van der Waals surface area contributed by atoms with Crippen LogP contribution in [0, 0.1) is 13.8 Å². The molecule has 0 saturated heterocycles. The summed E-state index contributed by atoms with van der Waals surface area (Å²) in [5.41, 5.74) is 15.8. The summed E-state index contributed by atoms with van der Waals surface area (Å²) in [6, 6.07) is 47.8. The van der Waals surface area contributed by atoms with E-state index in [4.69, 9.17) is 18.9 Å². The Hall–Kier alpha value is -5.24. The Kier molecular flexibility index (Phi) is 12.2. The minimum atomic E-state index is 0.581. The van der Waals surface area contributed by atoms with Gasteiger partial charge in [-0.05, 0) is 131 Å². The molecule has 0 radical (unpaired) electrons. The number of hydrogen-bond donors (Lipinski definition) is 0. The number of benzene rings is 6. The minimum absolute atomic E-state index is 0.581. The summed E-state index contributed by atoms with van der Waals surface area (Å²) < 4.78 is 21.6. The van der Waals surface area contributed by atoms with Gasteiger partial charge in [0, 0.05) is 62.6 Å². The molecule has 6 aromatic carbocycles. The summed E-state index contributed by atoms with van der Waals surface area (Å²) in [5, 5.41) is 0. The Balaban J connectivity index is 1.32. The topological polar surface area (TPSA) is 43.4 Å². The Morgan fingerprint density at radius 1 is 0.346 bits per heavy atom. The molecule has 0 spiro atoms. The molecular formula is C46H48N2O4. The smallest absolute Gasteiger partial charge is 0.0715 e. The molecule has 0 unspecified atom stereocenters. The fraction of sp³-hybridized carbons (Fsp3) is 0.217. The van der Waals surface area contributed by atoms with Crippen LogP contribution in [-0.2, 0) is 45.4 Å². The molecule has 0 saturated carbocycles. The predicted octanol–water partition coefficient (Wildman–Crippen LogP) is 11.5. The highest BCUT2D eigenvalue weighted by Crippen LogP contribution is 2.39. The highest BCUT2D eigenvalue weighted by Gasteiger charge is 2.16. The number of rotatable bonds is 15. The molecule has 0 aliphatic heterocycles. The molecule has 6 heteroatoms. The van der Waals surface area contributed by atoms with Gasteiger partial charge in [-0.15, -0.1) is 0 Å². The quantitative estimate of drug-likeness (QED) is 0.107. The van der Waals surface area contributed by atoms with Gasteiger partial charge in [-0.25, -0.2) is 0 Å². The third-order valence-corrected chi connectivity index (χ3v) is 9.36. The van der Waals surface area contributed by atoms with Gasteiger partial charge in [0.25, 0.3) is 0 Å². The van der Waals surface area contributed by atoms with E-state index >= 15 is 0 Å². The van der Waals surface area contributed by atoms with Crippen LogP contribution in [0.25, 0.3) is 11.1 Å². The second-order valence-electron chi connectivity index (χ2n) is 13.1. The van der Waals surface area contributed by atoms with E-state index in [1.165, 1.54) is 22.3 Å². The van der Waals surface area contributed by atoms with Crippen LogP contribution in [-0.4, -0.2) is 28.4 Å². The van der Waals surface area contributed by atoms with Crippen molar-refractivity contribution in [2.45, 2.75) is 40.3 Å². The number of anilines is 6. The summed E-state index contributed by atoms with van der Waals surface area (Å²) in [6.07, 6.45) is 0. The third-order valence-electron chi connectivity index (χ3n) is 9.36. The average molecular weight is 693 g/mol. The molecule has 6 aromatic rings. The molecular weight excluding hydrogens is 645 g/mol. The second kappa shape index (κ2) is 17.3. The van der Waals surface area contributed by atoms with Crippen molar-refractivity contribution in [3.8, 4) is 11.1 Å². The first kappa shape index (κ1) is 36.5. The van der Waals surface area contributed by atoms with E-state index in [0.717, 1.165) is 56.4 Å². The van der Waals surface area contributed by atoms with Gasteiger partial charge in [-0.1, -0.05) is 60.7 Å². The van der Waals surface area contributed by atoms with Crippen LogP contribution in [0.1, 0.15) is 33.4 Å². The Bertz CT molecular complexity index is 1890. The lowest BCUT2D eigenvalue weighted by Gasteiger charge is -2.27. The van der Waals surface area contributed by atoms with E-state index < -0.39 is 0 Å². The molecule has 0 bridgehead atoms. The number of aryl methyl sites for hydroxylation is 2.